The first-order valence-corrected chi connectivity index (χ1v) is 5.18. The van der Waals surface area contributed by atoms with Crippen molar-refractivity contribution in [2.24, 2.45) is 5.92 Å². The van der Waals surface area contributed by atoms with Gasteiger partial charge in [0.15, 0.2) is 0 Å². The molecule has 5 heteroatoms. The minimum atomic E-state index is -0.123. The van der Waals surface area contributed by atoms with E-state index < -0.39 is 0 Å². The Morgan fingerprint density at radius 3 is 3.20 bits per heavy atom. The summed E-state index contributed by atoms with van der Waals surface area (Å²) in [5.74, 6) is -0.0564. The molecule has 0 radical (unpaired) electrons. The second kappa shape index (κ2) is 4.44. The maximum absolute atomic E-state index is 11.7. The lowest BCUT2D eigenvalue weighted by Crippen LogP contribution is -2.24. The van der Waals surface area contributed by atoms with Crippen molar-refractivity contribution in [2.45, 2.75) is 12.8 Å². The molecule has 0 aromatic carbocycles. The van der Waals surface area contributed by atoms with Gasteiger partial charge in [0.1, 0.15) is 0 Å². The molecular weight excluding hydrogens is 194 g/mol. The molecule has 0 amide bonds. The van der Waals surface area contributed by atoms with Crippen LogP contribution in [0.1, 0.15) is 18.5 Å². The zero-order valence-corrected chi connectivity index (χ0v) is 8.69. The van der Waals surface area contributed by atoms with E-state index in [4.69, 9.17) is 4.74 Å². The fourth-order valence-electron chi connectivity index (χ4n) is 1.97. The van der Waals surface area contributed by atoms with Gasteiger partial charge in [-0.2, -0.15) is 0 Å². The molecule has 2 atom stereocenters. The van der Waals surface area contributed by atoms with E-state index in [2.05, 4.69) is 15.3 Å². The maximum Gasteiger partial charge on any atom is 0.310 e. The van der Waals surface area contributed by atoms with Gasteiger partial charge in [0, 0.05) is 30.9 Å². The predicted molar refractivity (Wildman–Crippen MR) is 54.3 cm³/mol. The lowest BCUT2D eigenvalue weighted by atomic mass is 9.93. The fraction of sp³-hybridized carbons (Fsp3) is 0.600. The summed E-state index contributed by atoms with van der Waals surface area (Å²) in [5.41, 5.74) is 0.998. The van der Waals surface area contributed by atoms with Gasteiger partial charge < -0.3 is 15.0 Å². The Labute approximate surface area is 88.2 Å². The number of aromatic amines is 1. The van der Waals surface area contributed by atoms with E-state index in [1.165, 1.54) is 0 Å². The Hall–Kier alpha value is -1.36. The molecule has 82 valence electrons. The van der Waals surface area contributed by atoms with Crippen molar-refractivity contribution in [3.63, 3.8) is 0 Å². The van der Waals surface area contributed by atoms with Crippen molar-refractivity contribution in [3.05, 3.63) is 18.2 Å². The molecule has 1 fully saturated rings. The van der Waals surface area contributed by atoms with Crippen LogP contribution in [0.5, 0.6) is 0 Å². The Morgan fingerprint density at radius 2 is 2.53 bits per heavy atom. The van der Waals surface area contributed by atoms with Gasteiger partial charge in [0.25, 0.3) is 0 Å². The monoisotopic (exact) mass is 209 g/mol. The summed E-state index contributed by atoms with van der Waals surface area (Å²) in [4.78, 5) is 18.7. The quantitative estimate of drug-likeness (QED) is 0.701. The molecule has 5 nitrogen and oxygen atoms in total. The number of esters is 1. The SMILES string of the molecule is CCOC(=O)C1CNCC1c1cnc[nH]1. The predicted octanol–water partition coefficient (Wildman–Crippen LogP) is 0.276. The van der Waals surface area contributed by atoms with E-state index in [-0.39, 0.29) is 17.8 Å². The first-order valence-electron chi connectivity index (χ1n) is 5.18. The Morgan fingerprint density at radius 1 is 1.67 bits per heavy atom. The summed E-state index contributed by atoms with van der Waals surface area (Å²) in [7, 11) is 0. The van der Waals surface area contributed by atoms with Gasteiger partial charge in [0.2, 0.25) is 0 Å². The molecule has 1 aliphatic heterocycles. The number of nitrogens with one attached hydrogen (secondary N) is 2. The standard InChI is InChI=1S/C10H15N3O2/c1-2-15-10(14)8-4-11-3-7(8)9-5-12-6-13-9/h5-8,11H,2-4H2,1H3,(H,12,13). The summed E-state index contributed by atoms with van der Waals surface area (Å²) >= 11 is 0. The first-order chi connectivity index (χ1) is 7.33. The van der Waals surface area contributed by atoms with Crippen molar-refractivity contribution in [3.8, 4) is 0 Å². The van der Waals surface area contributed by atoms with Gasteiger partial charge in [-0.25, -0.2) is 4.98 Å². The van der Waals surface area contributed by atoms with E-state index in [1.54, 1.807) is 12.5 Å². The molecule has 2 rings (SSSR count). The number of carbonyl (C=O) groups is 1. The molecule has 0 saturated carbocycles. The van der Waals surface area contributed by atoms with Crippen LogP contribution in [0, 0.1) is 5.92 Å². The third-order valence-electron chi connectivity index (χ3n) is 2.72. The Bertz CT molecular complexity index is 323. The van der Waals surface area contributed by atoms with Crippen LogP contribution in [0.4, 0.5) is 0 Å². The van der Waals surface area contributed by atoms with Gasteiger partial charge in [-0.3, -0.25) is 4.79 Å². The van der Waals surface area contributed by atoms with Gasteiger partial charge in [-0.05, 0) is 6.92 Å². The fourth-order valence-corrected chi connectivity index (χ4v) is 1.97. The molecule has 1 aliphatic rings. The lowest BCUT2D eigenvalue weighted by molar-refractivity contribution is -0.147. The highest BCUT2D eigenvalue weighted by Crippen LogP contribution is 2.27. The zero-order chi connectivity index (χ0) is 10.7. The number of carbonyl (C=O) groups excluding carboxylic acids is 1. The highest BCUT2D eigenvalue weighted by molar-refractivity contribution is 5.74. The minimum Gasteiger partial charge on any atom is -0.466 e. The van der Waals surface area contributed by atoms with Crippen LogP contribution in [0.15, 0.2) is 12.5 Å². The van der Waals surface area contributed by atoms with E-state index in [0.29, 0.717) is 13.2 Å². The van der Waals surface area contributed by atoms with E-state index in [0.717, 1.165) is 12.2 Å². The topological polar surface area (TPSA) is 67.0 Å². The average molecular weight is 209 g/mol. The molecule has 15 heavy (non-hydrogen) atoms. The van der Waals surface area contributed by atoms with Crippen molar-refractivity contribution in [1.29, 1.82) is 0 Å². The number of rotatable bonds is 3. The van der Waals surface area contributed by atoms with E-state index in [9.17, 15) is 4.79 Å². The number of imidazole rings is 1. The van der Waals surface area contributed by atoms with Crippen LogP contribution in [-0.4, -0.2) is 35.6 Å². The number of H-pyrrole nitrogens is 1. The normalized spacial score (nSPS) is 25.4. The van der Waals surface area contributed by atoms with Crippen LogP contribution in [0.3, 0.4) is 0 Å². The molecule has 1 saturated heterocycles. The maximum atomic E-state index is 11.7. The Balaban J connectivity index is 2.08. The largest absolute Gasteiger partial charge is 0.466 e. The van der Waals surface area contributed by atoms with Crippen molar-refractivity contribution >= 4 is 5.97 Å². The van der Waals surface area contributed by atoms with E-state index in [1.807, 2.05) is 6.92 Å². The molecule has 0 spiro atoms. The molecule has 2 N–H and O–H groups in total. The van der Waals surface area contributed by atoms with E-state index >= 15 is 0 Å². The third kappa shape index (κ3) is 2.02. The van der Waals surface area contributed by atoms with Gasteiger partial charge in [-0.15, -0.1) is 0 Å². The van der Waals surface area contributed by atoms with Crippen molar-refractivity contribution < 1.29 is 9.53 Å². The number of hydrogen-bond acceptors (Lipinski definition) is 4. The molecule has 1 aromatic heterocycles. The van der Waals surface area contributed by atoms with Gasteiger partial charge in [-0.1, -0.05) is 0 Å². The van der Waals surface area contributed by atoms with Crippen molar-refractivity contribution in [2.75, 3.05) is 19.7 Å². The van der Waals surface area contributed by atoms with Crippen LogP contribution in [0.25, 0.3) is 0 Å². The number of aromatic nitrogens is 2. The number of nitrogens with zero attached hydrogens (tertiary/aromatic N) is 1. The highest BCUT2D eigenvalue weighted by Gasteiger charge is 2.35. The summed E-state index contributed by atoms with van der Waals surface area (Å²) in [6, 6.07) is 0. The minimum absolute atomic E-state index is 0.0922. The smallest absolute Gasteiger partial charge is 0.310 e. The number of hydrogen-bond donors (Lipinski definition) is 2. The third-order valence-corrected chi connectivity index (χ3v) is 2.72. The summed E-state index contributed by atoms with van der Waals surface area (Å²) < 4.78 is 5.04. The zero-order valence-electron chi connectivity index (χ0n) is 8.69. The van der Waals surface area contributed by atoms with Crippen LogP contribution < -0.4 is 5.32 Å². The van der Waals surface area contributed by atoms with Crippen LogP contribution >= 0.6 is 0 Å². The second-order valence-corrected chi connectivity index (χ2v) is 3.63. The molecule has 2 unspecified atom stereocenters. The highest BCUT2D eigenvalue weighted by atomic mass is 16.5. The van der Waals surface area contributed by atoms with Crippen molar-refractivity contribution in [1.82, 2.24) is 15.3 Å². The van der Waals surface area contributed by atoms with Crippen LogP contribution in [-0.2, 0) is 9.53 Å². The molecule has 2 heterocycles. The summed E-state index contributed by atoms with van der Waals surface area (Å²) in [5, 5.41) is 3.20. The second-order valence-electron chi connectivity index (χ2n) is 3.63. The molecule has 0 bridgehead atoms. The Kier molecular flexibility index (Phi) is 3.01. The molecule has 0 aliphatic carbocycles. The van der Waals surface area contributed by atoms with Gasteiger partial charge in [0.05, 0.1) is 18.9 Å². The average Bonchev–Trinajstić information content (AvgIpc) is 2.88. The first kappa shape index (κ1) is 10.2. The molecular formula is C10H15N3O2. The van der Waals surface area contributed by atoms with Gasteiger partial charge >= 0.3 is 5.97 Å². The summed E-state index contributed by atoms with van der Waals surface area (Å²) in [6.45, 7) is 3.74. The lowest BCUT2D eigenvalue weighted by Gasteiger charge is -2.15. The summed E-state index contributed by atoms with van der Waals surface area (Å²) in [6.07, 6.45) is 3.40. The molecule has 1 aromatic rings. The van der Waals surface area contributed by atoms with Crippen LogP contribution in [0.2, 0.25) is 0 Å². The number of ether oxygens (including phenoxy) is 1.